The molecule has 4 nitrogen and oxygen atoms in total. The van der Waals surface area contributed by atoms with Crippen LogP contribution in [0.5, 0.6) is 0 Å². The molecule has 1 saturated carbocycles. The highest BCUT2D eigenvalue weighted by Crippen LogP contribution is 2.46. The second kappa shape index (κ2) is 4.88. The van der Waals surface area contributed by atoms with Crippen LogP contribution in [0.2, 0.25) is 0 Å². The fourth-order valence-corrected chi connectivity index (χ4v) is 2.27. The molecule has 1 fully saturated rings. The highest BCUT2D eigenvalue weighted by molar-refractivity contribution is 9.10. The number of pyridine rings is 2. The molecule has 3 rings (SSSR count). The summed E-state index contributed by atoms with van der Waals surface area (Å²) in [5, 5.41) is 12.4. The molecule has 1 aliphatic carbocycles. The third-order valence-electron chi connectivity index (χ3n) is 3.54. The van der Waals surface area contributed by atoms with E-state index in [0.717, 1.165) is 40.1 Å². The molecule has 2 aromatic heterocycles. The van der Waals surface area contributed by atoms with Gasteiger partial charge in [-0.15, -0.1) is 0 Å². The molecule has 0 amide bonds. The monoisotopic (exact) mass is 328 g/mol. The van der Waals surface area contributed by atoms with Gasteiger partial charge < -0.3 is 5.32 Å². The van der Waals surface area contributed by atoms with Crippen molar-refractivity contribution in [3.63, 3.8) is 0 Å². The van der Waals surface area contributed by atoms with Gasteiger partial charge in [0.15, 0.2) is 0 Å². The van der Waals surface area contributed by atoms with E-state index in [1.807, 2.05) is 25.1 Å². The van der Waals surface area contributed by atoms with E-state index in [1.54, 1.807) is 12.4 Å². The zero-order valence-corrected chi connectivity index (χ0v) is 12.6. The maximum Gasteiger partial charge on any atom is 0.130 e. The minimum Gasteiger partial charge on any atom is -0.339 e. The second-order valence-electron chi connectivity index (χ2n) is 5.07. The average molecular weight is 329 g/mol. The number of aryl methyl sites for hydroxylation is 1. The van der Waals surface area contributed by atoms with Crippen molar-refractivity contribution < 1.29 is 0 Å². The van der Waals surface area contributed by atoms with Crippen molar-refractivity contribution in [2.45, 2.75) is 25.2 Å². The van der Waals surface area contributed by atoms with Crippen molar-refractivity contribution in [2.24, 2.45) is 0 Å². The smallest absolute Gasteiger partial charge is 0.130 e. The standard InChI is InChI=1S/C15H13BrN4/c1-10-6-14(19-8-12(10)16)20-11-2-3-13(18-7-11)15(9-17)4-5-15/h2-3,6-8H,4-5H2,1H3,(H,19,20). The first-order valence-electron chi connectivity index (χ1n) is 6.40. The van der Waals surface area contributed by atoms with Crippen molar-refractivity contribution in [2.75, 3.05) is 5.32 Å². The van der Waals surface area contributed by atoms with Crippen LogP contribution in [0.15, 0.2) is 35.1 Å². The topological polar surface area (TPSA) is 61.6 Å². The molecular formula is C15H13BrN4. The Morgan fingerprint density at radius 1 is 1.30 bits per heavy atom. The van der Waals surface area contributed by atoms with Gasteiger partial charge in [0.2, 0.25) is 0 Å². The maximum absolute atomic E-state index is 9.15. The Morgan fingerprint density at radius 3 is 2.65 bits per heavy atom. The minimum atomic E-state index is -0.328. The molecule has 0 unspecified atom stereocenters. The molecule has 1 N–H and O–H groups in total. The number of anilines is 2. The fourth-order valence-electron chi connectivity index (χ4n) is 2.06. The first-order chi connectivity index (χ1) is 9.63. The van der Waals surface area contributed by atoms with Crippen LogP contribution in [0, 0.1) is 18.3 Å². The van der Waals surface area contributed by atoms with Gasteiger partial charge in [0.1, 0.15) is 5.82 Å². The molecule has 0 spiro atoms. The molecule has 0 aliphatic heterocycles. The number of nitrogens with zero attached hydrogens (tertiary/aromatic N) is 3. The summed E-state index contributed by atoms with van der Waals surface area (Å²) in [6.07, 6.45) is 5.35. The fraction of sp³-hybridized carbons (Fsp3) is 0.267. The summed E-state index contributed by atoms with van der Waals surface area (Å²) in [4.78, 5) is 8.69. The average Bonchev–Trinajstić information content (AvgIpc) is 3.25. The lowest BCUT2D eigenvalue weighted by Gasteiger charge is -2.09. The first-order valence-corrected chi connectivity index (χ1v) is 7.19. The normalized spacial score (nSPS) is 15.4. The second-order valence-corrected chi connectivity index (χ2v) is 5.92. The van der Waals surface area contributed by atoms with Crippen LogP contribution in [0.25, 0.3) is 0 Å². The molecule has 100 valence electrons. The largest absolute Gasteiger partial charge is 0.339 e. The minimum absolute atomic E-state index is 0.328. The van der Waals surface area contributed by atoms with Crippen molar-refractivity contribution in [3.8, 4) is 6.07 Å². The molecule has 0 radical (unpaired) electrons. The van der Waals surface area contributed by atoms with Gasteiger partial charge in [-0.25, -0.2) is 4.98 Å². The van der Waals surface area contributed by atoms with Gasteiger partial charge >= 0.3 is 0 Å². The summed E-state index contributed by atoms with van der Waals surface area (Å²) >= 11 is 3.43. The number of aromatic nitrogens is 2. The van der Waals surface area contributed by atoms with Gasteiger partial charge in [-0.2, -0.15) is 5.26 Å². The Balaban J connectivity index is 1.78. The maximum atomic E-state index is 9.15. The highest BCUT2D eigenvalue weighted by Gasteiger charge is 2.46. The van der Waals surface area contributed by atoms with E-state index in [9.17, 15) is 0 Å². The quantitative estimate of drug-likeness (QED) is 0.929. The van der Waals surface area contributed by atoms with Crippen LogP contribution in [-0.4, -0.2) is 9.97 Å². The van der Waals surface area contributed by atoms with Gasteiger partial charge in [-0.05, 0) is 59.5 Å². The lowest BCUT2D eigenvalue weighted by Crippen LogP contribution is -2.05. The molecule has 0 bridgehead atoms. The first kappa shape index (κ1) is 13.1. The number of halogens is 1. The number of hydrogen-bond acceptors (Lipinski definition) is 4. The number of nitrogens with one attached hydrogen (secondary N) is 1. The predicted molar refractivity (Wildman–Crippen MR) is 80.7 cm³/mol. The summed E-state index contributed by atoms with van der Waals surface area (Å²) in [6.45, 7) is 2.02. The van der Waals surface area contributed by atoms with Gasteiger partial charge in [0, 0.05) is 10.7 Å². The molecule has 0 saturated heterocycles. The van der Waals surface area contributed by atoms with Crippen LogP contribution in [0.3, 0.4) is 0 Å². The molecule has 1 aliphatic rings. The van der Waals surface area contributed by atoms with E-state index < -0.39 is 0 Å². The Morgan fingerprint density at radius 2 is 2.10 bits per heavy atom. The molecule has 5 heteroatoms. The van der Waals surface area contributed by atoms with Gasteiger partial charge in [-0.1, -0.05) is 0 Å². The van der Waals surface area contributed by atoms with Crippen LogP contribution in [0.1, 0.15) is 24.1 Å². The zero-order valence-electron chi connectivity index (χ0n) is 11.0. The molecule has 20 heavy (non-hydrogen) atoms. The lowest BCUT2D eigenvalue weighted by atomic mass is 10.0. The van der Waals surface area contributed by atoms with E-state index >= 15 is 0 Å². The van der Waals surface area contributed by atoms with Crippen LogP contribution in [-0.2, 0) is 5.41 Å². The van der Waals surface area contributed by atoms with Gasteiger partial charge in [0.05, 0.1) is 29.1 Å². The van der Waals surface area contributed by atoms with Crippen molar-refractivity contribution >= 4 is 27.4 Å². The summed E-state index contributed by atoms with van der Waals surface area (Å²) < 4.78 is 0.987. The van der Waals surface area contributed by atoms with Crippen molar-refractivity contribution in [1.29, 1.82) is 5.26 Å². The number of nitriles is 1. The summed E-state index contributed by atoms with van der Waals surface area (Å²) in [6, 6.07) is 8.18. The summed E-state index contributed by atoms with van der Waals surface area (Å²) in [7, 11) is 0. The van der Waals surface area contributed by atoms with Gasteiger partial charge in [-0.3, -0.25) is 4.98 Å². The number of hydrogen-bond donors (Lipinski definition) is 1. The van der Waals surface area contributed by atoms with Crippen LogP contribution < -0.4 is 5.32 Å². The predicted octanol–water partition coefficient (Wildman–Crippen LogP) is 3.85. The molecule has 0 atom stereocenters. The van der Waals surface area contributed by atoms with E-state index in [1.165, 1.54) is 0 Å². The Labute approximate surface area is 126 Å². The van der Waals surface area contributed by atoms with Crippen LogP contribution >= 0.6 is 15.9 Å². The Kier molecular flexibility index (Phi) is 3.19. The van der Waals surface area contributed by atoms with Gasteiger partial charge in [0.25, 0.3) is 0 Å². The molecule has 2 aromatic rings. The third kappa shape index (κ3) is 2.39. The van der Waals surface area contributed by atoms with Crippen molar-refractivity contribution in [3.05, 3.63) is 46.3 Å². The van der Waals surface area contributed by atoms with E-state index in [0.29, 0.717) is 0 Å². The van der Waals surface area contributed by atoms with E-state index in [4.69, 9.17) is 5.26 Å². The third-order valence-corrected chi connectivity index (χ3v) is 4.37. The summed E-state index contributed by atoms with van der Waals surface area (Å²) in [5.74, 6) is 0.779. The Hall–Kier alpha value is -1.93. The Bertz CT molecular complexity index is 684. The van der Waals surface area contributed by atoms with E-state index in [-0.39, 0.29) is 5.41 Å². The highest BCUT2D eigenvalue weighted by atomic mass is 79.9. The SMILES string of the molecule is Cc1cc(Nc2ccc(C3(C#N)CC3)nc2)ncc1Br. The summed E-state index contributed by atoms with van der Waals surface area (Å²) in [5.41, 5.74) is 2.53. The molecular weight excluding hydrogens is 316 g/mol. The molecule has 2 heterocycles. The van der Waals surface area contributed by atoms with Crippen LogP contribution in [0.4, 0.5) is 11.5 Å². The molecule has 0 aromatic carbocycles. The van der Waals surface area contributed by atoms with Crippen molar-refractivity contribution in [1.82, 2.24) is 9.97 Å². The zero-order chi connectivity index (χ0) is 14.2. The number of rotatable bonds is 3. The lowest BCUT2D eigenvalue weighted by molar-refractivity contribution is 0.855. The van der Waals surface area contributed by atoms with E-state index in [2.05, 4.69) is 37.3 Å².